The molecule has 114 valence electrons. The number of likely N-dealkylation sites (tertiary alicyclic amines) is 1. The highest BCUT2D eigenvalue weighted by atomic mass is 35.5. The third kappa shape index (κ3) is 3.45. The summed E-state index contributed by atoms with van der Waals surface area (Å²) in [5.74, 6) is -1.07. The van der Waals surface area contributed by atoms with Crippen molar-refractivity contribution in [3.05, 3.63) is 22.3 Å². The topological polar surface area (TPSA) is 82.5 Å². The van der Waals surface area contributed by atoms with Crippen molar-refractivity contribution in [3.8, 4) is 0 Å². The molecule has 0 spiro atoms. The quantitative estimate of drug-likeness (QED) is 0.884. The molecule has 1 unspecified atom stereocenters. The van der Waals surface area contributed by atoms with Crippen LogP contribution in [-0.2, 0) is 9.59 Å². The van der Waals surface area contributed by atoms with Gasteiger partial charge in [0.25, 0.3) is 0 Å². The number of nitrogens with one attached hydrogen (secondary N) is 1. The number of rotatable bonds is 4. The number of halogens is 2. The lowest BCUT2D eigenvalue weighted by atomic mass is 9.99. The zero-order valence-electron chi connectivity index (χ0n) is 11.4. The summed E-state index contributed by atoms with van der Waals surface area (Å²) in [6.45, 7) is 2.17. The van der Waals surface area contributed by atoms with Crippen molar-refractivity contribution >= 4 is 40.9 Å². The third-order valence-corrected chi connectivity index (χ3v) is 4.15. The van der Waals surface area contributed by atoms with Crippen LogP contribution in [0.25, 0.3) is 0 Å². The number of amides is 1. The summed E-state index contributed by atoms with van der Waals surface area (Å²) in [6, 6.07) is 1.48. The number of anilines is 1. The predicted octanol–water partition coefficient (Wildman–Crippen LogP) is 2.27. The van der Waals surface area contributed by atoms with Gasteiger partial charge in [0.2, 0.25) is 5.91 Å². The van der Waals surface area contributed by atoms with Gasteiger partial charge in [-0.25, -0.2) is 4.98 Å². The van der Waals surface area contributed by atoms with Crippen LogP contribution in [0.3, 0.4) is 0 Å². The predicted molar refractivity (Wildman–Crippen MR) is 79.7 cm³/mol. The Balaban J connectivity index is 2.03. The maximum atomic E-state index is 12.0. The van der Waals surface area contributed by atoms with E-state index < -0.39 is 11.5 Å². The van der Waals surface area contributed by atoms with Gasteiger partial charge in [-0.15, -0.1) is 0 Å². The molecule has 1 saturated heterocycles. The van der Waals surface area contributed by atoms with Crippen LogP contribution in [0.4, 0.5) is 5.82 Å². The summed E-state index contributed by atoms with van der Waals surface area (Å²) in [5, 5.41) is 12.5. The summed E-state index contributed by atoms with van der Waals surface area (Å²) in [5.41, 5.74) is -1.01. The van der Waals surface area contributed by atoms with E-state index in [0.717, 1.165) is 6.42 Å². The number of hydrogen-bond acceptors (Lipinski definition) is 4. The van der Waals surface area contributed by atoms with Crippen molar-refractivity contribution in [1.82, 2.24) is 9.88 Å². The first-order valence-corrected chi connectivity index (χ1v) is 7.18. The molecule has 2 N–H and O–H groups in total. The Morgan fingerprint density at radius 3 is 2.86 bits per heavy atom. The average Bonchev–Trinajstić information content (AvgIpc) is 2.76. The Hall–Kier alpha value is -1.37. The minimum Gasteiger partial charge on any atom is -0.480 e. The second kappa shape index (κ2) is 6.17. The maximum Gasteiger partial charge on any atom is 0.323 e. The van der Waals surface area contributed by atoms with Gasteiger partial charge in [0.1, 0.15) is 5.54 Å². The van der Waals surface area contributed by atoms with E-state index in [4.69, 9.17) is 23.2 Å². The highest BCUT2D eigenvalue weighted by Crippen LogP contribution is 2.29. The lowest BCUT2D eigenvalue weighted by molar-refractivity contribution is -0.149. The molecule has 6 nitrogen and oxygen atoms in total. The van der Waals surface area contributed by atoms with E-state index in [1.54, 1.807) is 11.8 Å². The number of carboxylic acids is 1. The SMILES string of the molecule is CC1(C(=O)O)CCCN1CC(=O)Nc1ncc(Cl)cc1Cl. The molecule has 1 aliphatic heterocycles. The van der Waals surface area contributed by atoms with Gasteiger partial charge < -0.3 is 10.4 Å². The fourth-order valence-corrected chi connectivity index (χ4v) is 2.79. The minimum atomic E-state index is -1.01. The highest BCUT2D eigenvalue weighted by molar-refractivity contribution is 6.36. The Morgan fingerprint density at radius 2 is 2.24 bits per heavy atom. The largest absolute Gasteiger partial charge is 0.480 e. The molecule has 1 aromatic heterocycles. The number of carbonyl (C=O) groups excluding carboxylic acids is 1. The number of carboxylic acid groups (broad SMARTS) is 1. The molecule has 1 fully saturated rings. The number of nitrogens with zero attached hydrogens (tertiary/aromatic N) is 2. The van der Waals surface area contributed by atoms with Crippen LogP contribution in [0.1, 0.15) is 19.8 Å². The summed E-state index contributed by atoms with van der Waals surface area (Å²) < 4.78 is 0. The summed E-state index contributed by atoms with van der Waals surface area (Å²) in [7, 11) is 0. The van der Waals surface area contributed by atoms with Crippen LogP contribution in [0.5, 0.6) is 0 Å². The van der Waals surface area contributed by atoms with Crippen molar-refractivity contribution in [1.29, 1.82) is 0 Å². The van der Waals surface area contributed by atoms with Gasteiger partial charge in [-0.1, -0.05) is 23.2 Å². The van der Waals surface area contributed by atoms with Crippen molar-refractivity contribution < 1.29 is 14.7 Å². The molecule has 0 radical (unpaired) electrons. The average molecular weight is 332 g/mol. The molecular weight excluding hydrogens is 317 g/mol. The molecule has 8 heteroatoms. The van der Waals surface area contributed by atoms with Crippen molar-refractivity contribution in [3.63, 3.8) is 0 Å². The monoisotopic (exact) mass is 331 g/mol. The van der Waals surface area contributed by atoms with Crippen LogP contribution in [0, 0.1) is 0 Å². The normalized spacial score (nSPS) is 22.2. The van der Waals surface area contributed by atoms with Gasteiger partial charge in [-0.05, 0) is 32.4 Å². The van der Waals surface area contributed by atoms with Gasteiger partial charge in [-0.2, -0.15) is 0 Å². The van der Waals surface area contributed by atoms with Crippen LogP contribution >= 0.6 is 23.2 Å². The number of hydrogen-bond donors (Lipinski definition) is 2. The van der Waals surface area contributed by atoms with Gasteiger partial charge in [0.05, 0.1) is 16.6 Å². The van der Waals surface area contributed by atoms with E-state index in [2.05, 4.69) is 10.3 Å². The molecule has 0 aromatic carbocycles. The van der Waals surface area contributed by atoms with Crippen LogP contribution in [0.15, 0.2) is 12.3 Å². The van der Waals surface area contributed by atoms with E-state index in [-0.39, 0.29) is 23.3 Å². The van der Waals surface area contributed by atoms with Crippen LogP contribution in [0.2, 0.25) is 10.0 Å². The molecule has 2 heterocycles. The second-order valence-electron chi connectivity index (χ2n) is 5.14. The number of pyridine rings is 1. The molecule has 1 atom stereocenters. The van der Waals surface area contributed by atoms with Gasteiger partial charge >= 0.3 is 5.97 Å². The number of carbonyl (C=O) groups is 2. The lowest BCUT2D eigenvalue weighted by Gasteiger charge is -2.30. The Bertz CT molecular complexity index is 582. The fraction of sp³-hybridized carbons (Fsp3) is 0.462. The summed E-state index contributed by atoms with van der Waals surface area (Å²) in [4.78, 5) is 29.0. The number of aliphatic carboxylic acids is 1. The standard InChI is InChI=1S/C13H15Cl2N3O3/c1-13(12(20)21)3-2-4-18(13)7-10(19)17-11-9(15)5-8(14)6-16-11/h5-6H,2-4,7H2,1H3,(H,20,21)(H,16,17,19). The molecule has 21 heavy (non-hydrogen) atoms. The molecule has 1 aromatic rings. The van der Waals surface area contributed by atoms with Crippen molar-refractivity contribution in [2.45, 2.75) is 25.3 Å². The zero-order valence-corrected chi connectivity index (χ0v) is 12.9. The molecular formula is C13H15Cl2N3O3. The van der Waals surface area contributed by atoms with E-state index in [1.807, 2.05) is 0 Å². The third-order valence-electron chi connectivity index (χ3n) is 3.65. The number of aromatic nitrogens is 1. The molecule has 0 aliphatic carbocycles. The van der Waals surface area contributed by atoms with Crippen molar-refractivity contribution in [2.75, 3.05) is 18.4 Å². The molecule has 0 bridgehead atoms. The van der Waals surface area contributed by atoms with E-state index >= 15 is 0 Å². The van der Waals surface area contributed by atoms with E-state index in [9.17, 15) is 14.7 Å². The van der Waals surface area contributed by atoms with Crippen LogP contribution < -0.4 is 5.32 Å². The first-order valence-electron chi connectivity index (χ1n) is 6.42. The zero-order chi connectivity index (χ0) is 15.6. The smallest absolute Gasteiger partial charge is 0.323 e. The maximum absolute atomic E-state index is 12.0. The Kier molecular flexibility index (Phi) is 4.70. The van der Waals surface area contributed by atoms with E-state index in [0.29, 0.717) is 18.0 Å². The first kappa shape index (κ1) is 16.0. The second-order valence-corrected chi connectivity index (χ2v) is 5.98. The van der Waals surface area contributed by atoms with Gasteiger partial charge in [-0.3, -0.25) is 14.5 Å². The highest BCUT2D eigenvalue weighted by Gasteiger charge is 2.43. The molecule has 1 amide bonds. The summed E-state index contributed by atoms with van der Waals surface area (Å²) >= 11 is 11.7. The van der Waals surface area contributed by atoms with Gasteiger partial charge in [0.15, 0.2) is 5.82 Å². The Labute approximate surface area is 132 Å². The van der Waals surface area contributed by atoms with E-state index in [1.165, 1.54) is 12.3 Å². The van der Waals surface area contributed by atoms with Crippen LogP contribution in [-0.4, -0.2) is 45.5 Å². The Morgan fingerprint density at radius 1 is 1.52 bits per heavy atom. The first-order chi connectivity index (χ1) is 9.83. The molecule has 2 rings (SSSR count). The summed E-state index contributed by atoms with van der Waals surface area (Å²) in [6.07, 6.45) is 2.64. The van der Waals surface area contributed by atoms with Gasteiger partial charge in [0, 0.05) is 6.20 Å². The molecule has 0 saturated carbocycles. The lowest BCUT2D eigenvalue weighted by Crippen LogP contribution is -2.50. The minimum absolute atomic E-state index is 0.0244. The fourth-order valence-electron chi connectivity index (χ4n) is 2.37. The molecule has 1 aliphatic rings. The van der Waals surface area contributed by atoms with Crippen molar-refractivity contribution in [2.24, 2.45) is 0 Å².